The second-order valence-electron chi connectivity index (χ2n) is 5.69. The van der Waals surface area contributed by atoms with Gasteiger partial charge in [0, 0.05) is 12.6 Å². The van der Waals surface area contributed by atoms with Crippen molar-refractivity contribution in [2.24, 2.45) is 5.92 Å². The molecular formula is C15H19N5O3S2. The summed E-state index contributed by atoms with van der Waals surface area (Å²) in [6.45, 7) is 6.62. The van der Waals surface area contributed by atoms with Crippen molar-refractivity contribution in [3.05, 3.63) is 33.9 Å². The monoisotopic (exact) mass is 381 g/mol. The molecule has 0 aliphatic rings. The lowest BCUT2D eigenvalue weighted by atomic mass is 10.1. The molecule has 134 valence electrons. The standard InChI is InChI=1S/C15H19N5O3S2/c1-9(2)7-16-14-18-19-15(25-14)24-8-13(21)17-11-5-4-6-12(10(11)3)20(22)23/h4-6,9H,7-8H2,1-3H3,(H,16,18)(H,17,21). The number of thioether (sulfide) groups is 1. The minimum absolute atomic E-state index is 0.0181. The van der Waals surface area contributed by atoms with Crippen LogP contribution in [0.3, 0.4) is 0 Å². The molecule has 2 aromatic rings. The lowest BCUT2D eigenvalue weighted by molar-refractivity contribution is -0.385. The van der Waals surface area contributed by atoms with Crippen LogP contribution in [0.25, 0.3) is 0 Å². The molecule has 0 spiro atoms. The third kappa shape index (κ3) is 5.68. The van der Waals surface area contributed by atoms with Gasteiger partial charge >= 0.3 is 0 Å². The van der Waals surface area contributed by atoms with Crippen molar-refractivity contribution in [1.82, 2.24) is 10.2 Å². The summed E-state index contributed by atoms with van der Waals surface area (Å²) in [4.78, 5) is 22.6. The Labute approximate surface area is 153 Å². The zero-order valence-corrected chi connectivity index (χ0v) is 15.7. The maximum atomic E-state index is 12.1. The first kappa shape index (κ1) is 19.1. The number of nitrogens with one attached hydrogen (secondary N) is 2. The van der Waals surface area contributed by atoms with Gasteiger partial charge in [-0.3, -0.25) is 14.9 Å². The Morgan fingerprint density at radius 2 is 2.16 bits per heavy atom. The molecule has 0 aliphatic heterocycles. The number of hydrogen-bond acceptors (Lipinski definition) is 8. The van der Waals surface area contributed by atoms with Gasteiger partial charge in [-0.2, -0.15) is 0 Å². The molecule has 0 radical (unpaired) electrons. The van der Waals surface area contributed by atoms with E-state index in [2.05, 4.69) is 34.7 Å². The quantitative estimate of drug-likeness (QED) is 0.409. The molecule has 0 saturated carbocycles. The van der Waals surface area contributed by atoms with Crippen LogP contribution in [-0.2, 0) is 4.79 Å². The summed E-state index contributed by atoms with van der Waals surface area (Å²) in [6.07, 6.45) is 0. The summed E-state index contributed by atoms with van der Waals surface area (Å²) < 4.78 is 0.692. The average molecular weight is 381 g/mol. The van der Waals surface area contributed by atoms with Gasteiger partial charge in [-0.25, -0.2) is 0 Å². The van der Waals surface area contributed by atoms with Gasteiger partial charge in [-0.15, -0.1) is 10.2 Å². The number of amides is 1. The third-order valence-electron chi connectivity index (χ3n) is 3.17. The Morgan fingerprint density at radius 1 is 1.40 bits per heavy atom. The van der Waals surface area contributed by atoms with Gasteiger partial charge in [0.25, 0.3) is 5.69 Å². The normalized spacial score (nSPS) is 10.7. The van der Waals surface area contributed by atoms with Crippen LogP contribution in [0.15, 0.2) is 22.5 Å². The summed E-state index contributed by atoms with van der Waals surface area (Å²) in [5.41, 5.74) is 0.855. The van der Waals surface area contributed by atoms with Crippen molar-refractivity contribution in [3.8, 4) is 0 Å². The van der Waals surface area contributed by atoms with Gasteiger partial charge < -0.3 is 10.6 Å². The number of nitro groups is 1. The first-order valence-electron chi connectivity index (χ1n) is 7.61. The fourth-order valence-electron chi connectivity index (χ4n) is 1.90. The molecule has 25 heavy (non-hydrogen) atoms. The molecule has 0 bridgehead atoms. The van der Waals surface area contributed by atoms with E-state index in [0.717, 1.165) is 11.7 Å². The highest BCUT2D eigenvalue weighted by molar-refractivity contribution is 8.01. The Morgan fingerprint density at radius 3 is 2.84 bits per heavy atom. The average Bonchev–Trinajstić information content (AvgIpc) is 3.00. The predicted octanol–water partition coefficient (Wildman–Crippen LogP) is 3.55. The minimum Gasteiger partial charge on any atom is -0.360 e. The first-order chi connectivity index (χ1) is 11.9. The van der Waals surface area contributed by atoms with Gasteiger partial charge in [0.2, 0.25) is 11.0 Å². The maximum Gasteiger partial charge on any atom is 0.274 e. The Bertz CT molecular complexity index is 763. The molecule has 0 unspecified atom stereocenters. The van der Waals surface area contributed by atoms with Crippen molar-refractivity contribution >= 4 is 45.5 Å². The zero-order chi connectivity index (χ0) is 18.4. The van der Waals surface area contributed by atoms with E-state index in [0.29, 0.717) is 21.5 Å². The molecule has 0 atom stereocenters. The van der Waals surface area contributed by atoms with Crippen molar-refractivity contribution in [1.29, 1.82) is 0 Å². The summed E-state index contributed by atoms with van der Waals surface area (Å²) in [5.74, 6) is 0.408. The highest BCUT2D eigenvalue weighted by Gasteiger charge is 2.15. The van der Waals surface area contributed by atoms with Crippen molar-refractivity contribution < 1.29 is 9.72 Å². The maximum absolute atomic E-state index is 12.1. The number of hydrogen-bond donors (Lipinski definition) is 2. The number of benzene rings is 1. The van der Waals surface area contributed by atoms with Crippen LogP contribution >= 0.6 is 23.1 Å². The lowest BCUT2D eigenvalue weighted by Crippen LogP contribution is -2.15. The number of nitro benzene ring substituents is 1. The van der Waals surface area contributed by atoms with Crippen LogP contribution in [0.5, 0.6) is 0 Å². The van der Waals surface area contributed by atoms with Crippen LogP contribution in [0.2, 0.25) is 0 Å². The smallest absolute Gasteiger partial charge is 0.274 e. The third-order valence-corrected chi connectivity index (χ3v) is 5.19. The number of aromatic nitrogens is 2. The van der Waals surface area contributed by atoms with Crippen molar-refractivity contribution in [2.75, 3.05) is 22.9 Å². The second-order valence-corrected chi connectivity index (χ2v) is 7.89. The second kappa shape index (κ2) is 8.77. The van der Waals surface area contributed by atoms with E-state index in [1.165, 1.54) is 29.2 Å². The number of anilines is 2. The highest BCUT2D eigenvalue weighted by Crippen LogP contribution is 2.27. The molecule has 0 fully saturated rings. The minimum atomic E-state index is -0.466. The molecule has 2 N–H and O–H groups in total. The van der Waals surface area contributed by atoms with E-state index in [9.17, 15) is 14.9 Å². The summed E-state index contributed by atoms with van der Waals surface area (Å²) in [7, 11) is 0. The molecular weight excluding hydrogens is 362 g/mol. The predicted molar refractivity (Wildman–Crippen MR) is 100 cm³/mol. The number of rotatable bonds is 8. The van der Waals surface area contributed by atoms with E-state index >= 15 is 0 Å². The molecule has 1 heterocycles. The Kier molecular flexibility index (Phi) is 6.71. The molecule has 8 nitrogen and oxygen atoms in total. The van der Waals surface area contributed by atoms with Gasteiger partial charge in [0.05, 0.1) is 21.9 Å². The van der Waals surface area contributed by atoms with E-state index in [4.69, 9.17) is 0 Å². The first-order valence-corrected chi connectivity index (χ1v) is 9.41. The molecule has 0 aliphatic carbocycles. The van der Waals surface area contributed by atoms with Gasteiger partial charge in [0.1, 0.15) is 0 Å². The van der Waals surface area contributed by atoms with Crippen LogP contribution in [0.4, 0.5) is 16.5 Å². The largest absolute Gasteiger partial charge is 0.360 e. The molecule has 2 rings (SSSR count). The number of carbonyl (C=O) groups excluding carboxylic acids is 1. The summed E-state index contributed by atoms with van der Waals surface area (Å²) >= 11 is 2.67. The summed E-state index contributed by atoms with van der Waals surface area (Å²) in [6, 6.07) is 4.60. The lowest BCUT2D eigenvalue weighted by Gasteiger charge is -2.07. The summed E-state index contributed by atoms with van der Waals surface area (Å²) in [5, 5.41) is 25.6. The van der Waals surface area contributed by atoms with E-state index in [-0.39, 0.29) is 17.3 Å². The van der Waals surface area contributed by atoms with Gasteiger partial charge in [0.15, 0.2) is 4.34 Å². The highest BCUT2D eigenvalue weighted by atomic mass is 32.2. The molecule has 10 heteroatoms. The molecule has 1 aromatic heterocycles. The SMILES string of the molecule is Cc1c(NC(=O)CSc2nnc(NCC(C)C)s2)cccc1[N+](=O)[O-]. The molecule has 1 aromatic carbocycles. The molecule has 0 saturated heterocycles. The fraction of sp³-hybridized carbons (Fsp3) is 0.400. The van der Waals surface area contributed by atoms with Crippen LogP contribution in [-0.4, -0.2) is 33.3 Å². The van der Waals surface area contributed by atoms with Crippen molar-refractivity contribution in [2.45, 2.75) is 25.1 Å². The molecule has 1 amide bonds. The Hall–Kier alpha value is -2.20. The number of carbonyl (C=O) groups is 1. The van der Waals surface area contributed by atoms with Crippen molar-refractivity contribution in [3.63, 3.8) is 0 Å². The van der Waals surface area contributed by atoms with Crippen LogP contribution in [0, 0.1) is 23.0 Å². The Balaban J connectivity index is 1.89. The number of nitrogens with zero attached hydrogens (tertiary/aromatic N) is 3. The topological polar surface area (TPSA) is 110 Å². The zero-order valence-electron chi connectivity index (χ0n) is 14.1. The van der Waals surface area contributed by atoms with Gasteiger partial charge in [-0.1, -0.05) is 43.0 Å². The van der Waals surface area contributed by atoms with E-state index < -0.39 is 4.92 Å². The van der Waals surface area contributed by atoms with Crippen LogP contribution in [0.1, 0.15) is 19.4 Å². The van der Waals surface area contributed by atoms with Gasteiger partial charge in [-0.05, 0) is 18.9 Å². The van der Waals surface area contributed by atoms with E-state index in [1.807, 2.05) is 0 Å². The van der Waals surface area contributed by atoms with Crippen LogP contribution < -0.4 is 10.6 Å². The fourth-order valence-corrected chi connectivity index (χ4v) is 3.46. The van der Waals surface area contributed by atoms with E-state index in [1.54, 1.807) is 19.1 Å².